The smallest absolute Gasteiger partial charge is 0.251 e. The largest absolute Gasteiger partial charge is 0.493 e. The fourth-order valence-corrected chi connectivity index (χ4v) is 2.46. The molecule has 1 aliphatic carbocycles. The molecular formula is C16H24N2O3. The number of ether oxygens (including phenoxy) is 2. The molecule has 1 fully saturated rings. The molecule has 1 aromatic carbocycles. The predicted octanol–water partition coefficient (Wildman–Crippen LogP) is 2.09. The van der Waals surface area contributed by atoms with E-state index in [0.29, 0.717) is 23.6 Å². The molecule has 0 spiro atoms. The normalized spacial score (nSPS) is 16.5. The van der Waals surface area contributed by atoms with Gasteiger partial charge < -0.3 is 20.5 Å². The summed E-state index contributed by atoms with van der Waals surface area (Å²) in [5.41, 5.74) is 6.06. The van der Waals surface area contributed by atoms with E-state index in [2.05, 4.69) is 5.32 Å². The van der Waals surface area contributed by atoms with Gasteiger partial charge in [-0.05, 0) is 50.8 Å². The lowest BCUT2D eigenvalue weighted by Gasteiger charge is -2.17. The molecular weight excluding hydrogens is 268 g/mol. The summed E-state index contributed by atoms with van der Waals surface area (Å²) in [6, 6.07) is 5.21. The Bertz CT molecular complexity index is 484. The van der Waals surface area contributed by atoms with Gasteiger partial charge in [-0.25, -0.2) is 0 Å². The first-order valence-corrected chi connectivity index (χ1v) is 7.49. The fraction of sp³-hybridized carbons (Fsp3) is 0.562. The fourth-order valence-electron chi connectivity index (χ4n) is 2.46. The van der Waals surface area contributed by atoms with Crippen molar-refractivity contribution in [1.29, 1.82) is 0 Å². The molecule has 0 bridgehead atoms. The Balaban J connectivity index is 2.09. The van der Waals surface area contributed by atoms with Gasteiger partial charge in [0.2, 0.25) is 0 Å². The van der Waals surface area contributed by atoms with Crippen molar-refractivity contribution in [2.24, 2.45) is 5.73 Å². The van der Waals surface area contributed by atoms with E-state index in [1.165, 1.54) is 12.8 Å². The van der Waals surface area contributed by atoms with Crippen LogP contribution in [0.4, 0.5) is 0 Å². The van der Waals surface area contributed by atoms with Gasteiger partial charge >= 0.3 is 0 Å². The van der Waals surface area contributed by atoms with Crippen LogP contribution in [0, 0.1) is 0 Å². The van der Waals surface area contributed by atoms with E-state index in [1.54, 1.807) is 25.3 Å². The Kier molecular flexibility index (Phi) is 5.44. The molecule has 1 aliphatic rings. The van der Waals surface area contributed by atoms with Crippen molar-refractivity contribution in [3.63, 3.8) is 0 Å². The van der Waals surface area contributed by atoms with Crippen LogP contribution in [-0.4, -0.2) is 31.7 Å². The van der Waals surface area contributed by atoms with Gasteiger partial charge in [-0.15, -0.1) is 0 Å². The number of nitrogens with one attached hydrogen (secondary N) is 1. The maximum atomic E-state index is 12.1. The number of nitrogens with two attached hydrogens (primary N) is 1. The minimum Gasteiger partial charge on any atom is -0.493 e. The molecule has 1 aromatic rings. The molecule has 0 aromatic heterocycles. The van der Waals surface area contributed by atoms with E-state index >= 15 is 0 Å². The van der Waals surface area contributed by atoms with Crippen LogP contribution in [0.15, 0.2) is 18.2 Å². The number of carbonyl (C=O) groups excluding carboxylic acids is 1. The lowest BCUT2D eigenvalue weighted by Crippen LogP contribution is -2.37. The Labute approximate surface area is 125 Å². The van der Waals surface area contributed by atoms with Crippen molar-refractivity contribution in [2.75, 3.05) is 13.7 Å². The highest BCUT2D eigenvalue weighted by Crippen LogP contribution is 2.32. The number of hydrogen-bond donors (Lipinski definition) is 2. The summed E-state index contributed by atoms with van der Waals surface area (Å²) in [6.45, 7) is 2.28. The van der Waals surface area contributed by atoms with E-state index in [1.807, 2.05) is 6.92 Å². The Morgan fingerprint density at radius 3 is 2.71 bits per heavy atom. The van der Waals surface area contributed by atoms with Gasteiger partial charge in [0.1, 0.15) is 0 Å². The molecule has 3 N–H and O–H groups in total. The van der Waals surface area contributed by atoms with Gasteiger partial charge in [-0.2, -0.15) is 0 Å². The average molecular weight is 292 g/mol. The maximum absolute atomic E-state index is 12.1. The monoisotopic (exact) mass is 292 g/mol. The first kappa shape index (κ1) is 15.6. The number of amides is 1. The molecule has 2 rings (SSSR count). The lowest BCUT2D eigenvalue weighted by atomic mass is 10.1. The number of hydrogen-bond acceptors (Lipinski definition) is 4. The van der Waals surface area contributed by atoms with Crippen LogP contribution in [0.1, 0.15) is 43.0 Å². The van der Waals surface area contributed by atoms with Crippen LogP contribution in [-0.2, 0) is 0 Å². The van der Waals surface area contributed by atoms with Gasteiger partial charge in [0.15, 0.2) is 11.5 Å². The number of benzene rings is 1. The molecule has 0 radical (unpaired) electrons. The topological polar surface area (TPSA) is 73.6 Å². The van der Waals surface area contributed by atoms with Crippen molar-refractivity contribution >= 4 is 5.91 Å². The minimum absolute atomic E-state index is 0.0575. The van der Waals surface area contributed by atoms with Crippen LogP contribution in [0.2, 0.25) is 0 Å². The standard InChI is InChI=1S/C16H24N2O3/c1-11(10-17)18-16(19)12-7-8-14(15(9-12)20-2)21-13-5-3-4-6-13/h7-9,11,13H,3-6,10,17H2,1-2H3,(H,18,19)/t11-/m0/s1. The summed E-state index contributed by atoms with van der Waals surface area (Å²) in [7, 11) is 1.58. The second kappa shape index (κ2) is 7.31. The summed E-state index contributed by atoms with van der Waals surface area (Å²) in [5, 5.41) is 2.83. The summed E-state index contributed by atoms with van der Waals surface area (Å²) in [6.07, 6.45) is 4.85. The highest BCUT2D eigenvalue weighted by atomic mass is 16.5. The van der Waals surface area contributed by atoms with E-state index in [9.17, 15) is 4.79 Å². The molecule has 0 unspecified atom stereocenters. The van der Waals surface area contributed by atoms with Gasteiger partial charge in [-0.3, -0.25) is 4.79 Å². The Hall–Kier alpha value is -1.75. The van der Waals surface area contributed by atoms with Gasteiger partial charge in [-0.1, -0.05) is 0 Å². The van der Waals surface area contributed by atoms with Gasteiger partial charge in [0, 0.05) is 18.2 Å². The minimum atomic E-state index is -0.154. The Morgan fingerprint density at radius 2 is 2.10 bits per heavy atom. The van der Waals surface area contributed by atoms with Gasteiger partial charge in [0.05, 0.1) is 13.2 Å². The summed E-state index contributed by atoms with van der Waals surface area (Å²) >= 11 is 0. The first-order valence-electron chi connectivity index (χ1n) is 7.49. The second-order valence-electron chi connectivity index (χ2n) is 5.50. The van der Waals surface area contributed by atoms with Crippen molar-refractivity contribution in [3.05, 3.63) is 23.8 Å². The van der Waals surface area contributed by atoms with E-state index in [-0.39, 0.29) is 18.1 Å². The molecule has 0 heterocycles. The van der Waals surface area contributed by atoms with Crippen molar-refractivity contribution < 1.29 is 14.3 Å². The average Bonchev–Trinajstić information content (AvgIpc) is 3.00. The van der Waals surface area contributed by atoms with Crippen LogP contribution in [0.3, 0.4) is 0 Å². The zero-order valence-electron chi connectivity index (χ0n) is 12.7. The number of carbonyl (C=O) groups is 1. The summed E-state index contributed by atoms with van der Waals surface area (Å²) in [5.74, 6) is 1.14. The second-order valence-corrected chi connectivity index (χ2v) is 5.50. The number of rotatable bonds is 6. The zero-order valence-corrected chi connectivity index (χ0v) is 12.7. The third kappa shape index (κ3) is 4.11. The van der Waals surface area contributed by atoms with Crippen molar-refractivity contribution in [3.8, 4) is 11.5 Å². The molecule has 1 atom stereocenters. The number of methoxy groups -OCH3 is 1. The van der Waals surface area contributed by atoms with Crippen LogP contribution in [0.25, 0.3) is 0 Å². The highest BCUT2D eigenvalue weighted by Gasteiger charge is 2.19. The van der Waals surface area contributed by atoms with Crippen molar-refractivity contribution in [1.82, 2.24) is 5.32 Å². The molecule has 5 nitrogen and oxygen atoms in total. The molecule has 21 heavy (non-hydrogen) atoms. The van der Waals surface area contributed by atoms with E-state index < -0.39 is 0 Å². The zero-order chi connectivity index (χ0) is 15.2. The predicted molar refractivity (Wildman–Crippen MR) is 81.9 cm³/mol. The quantitative estimate of drug-likeness (QED) is 0.842. The maximum Gasteiger partial charge on any atom is 0.251 e. The third-order valence-electron chi connectivity index (χ3n) is 3.75. The van der Waals surface area contributed by atoms with E-state index in [0.717, 1.165) is 12.8 Å². The third-order valence-corrected chi connectivity index (χ3v) is 3.75. The van der Waals surface area contributed by atoms with Crippen LogP contribution >= 0.6 is 0 Å². The van der Waals surface area contributed by atoms with Crippen molar-refractivity contribution in [2.45, 2.75) is 44.8 Å². The van der Waals surface area contributed by atoms with Crippen LogP contribution < -0.4 is 20.5 Å². The molecule has 5 heteroatoms. The highest BCUT2D eigenvalue weighted by molar-refractivity contribution is 5.95. The SMILES string of the molecule is COc1cc(C(=O)N[C@@H](C)CN)ccc1OC1CCCC1. The summed E-state index contributed by atoms with van der Waals surface area (Å²) < 4.78 is 11.3. The first-order chi connectivity index (χ1) is 10.1. The van der Waals surface area contributed by atoms with Crippen LogP contribution in [0.5, 0.6) is 11.5 Å². The molecule has 116 valence electrons. The molecule has 1 amide bonds. The summed E-state index contributed by atoms with van der Waals surface area (Å²) in [4.78, 5) is 12.1. The molecule has 0 saturated heterocycles. The lowest BCUT2D eigenvalue weighted by molar-refractivity contribution is 0.0941. The Morgan fingerprint density at radius 1 is 1.38 bits per heavy atom. The molecule has 1 saturated carbocycles. The van der Waals surface area contributed by atoms with Gasteiger partial charge in [0.25, 0.3) is 5.91 Å². The molecule has 0 aliphatic heterocycles. The van der Waals surface area contributed by atoms with E-state index in [4.69, 9.17) is 15.2 Å².